The maximum atomic E-state index is 13.0. The molecule has 2 amide bonds. The Labute approximate surface area is 168 Å². The monoisotopic (exact) mass is 396 g/mol. The fraction of sp³-hybridized carbons (Fsp3) is 0.364. The van der Waals surface area contributed by atoms with E-state index in [9.17, 15) is 9.59 Å². The van der Waals surface area contributed by atoms with Gasteiger partial charge in [0.15, 0.2) is 5.76 Å². The number of carbonyl (C=O) groups excluding carboxylic acids is 2. The van der Waals surface area contributed by atoms with E-state index in [2.05, 4.69) is 16.7 Å². The molecule has 0 saturated heterocycles. The van der Waals surface area contributed by atoms with E-state index in [0.717, 1.165) is 53.3 Å². The van der Waals surface area contributed by atoms with Crippen LogP contribution in [0.1, 0.15) is 60.9 Å². The van der Waals surface area contributed by atoms with Crippen molar-refractivity contribution in [3.63, 3.8) is 0 Å². The van der Waals surface area contributed by atoms with Gasteiger partial charge in [0.2, 0.25) is 0 Å². The molecule has 0 aliphatic heterocycles. The number of amides is 2. The van der Waals surface area contributed by atoms with Crippen molar-refractivity contribution in [2.45, 2.75) is 46.5 Å². The average molecular weight is 397 g/mol. The van der Waals surface area contributed by atoms with Crippen molar-refractivity contribution in [1.29, 1.82) is 0 Å². The summed E-state index contributed by atoms with van der Waals surface area (Å²) in [5.74, 6) is -0.163. The molecule has 0 bridgehead atoms. The number of furan rings is 1. The van der Waals surface area contributed by atoms with Crippen molar-refractivity contribution < 1.29 is 14.0 Å². The van der Waals surface area contributed by atoms with Gasteiger partial charge in [-0.15, -0.1) is 11.3 Å². The minimum atomic E-state index is -0.312. The molecule has 28 heavy (non-hydrogen) atoms. The lowest BCUT2D eigenvalue weighted by Crippen LogP contribution is -2.22. The molecule has 146 valence electrons. The van der Waals surface area contributed by atoms with E-state index in [-0.39, 0.29) is 11.8 Å². The summed E-state index contributed by atoms with van der Waals surface area (Å²) in [6.07, 6.45) is 4.03. The molecule has 1 aliphatic carbocycles. The first-order valence-corrected chi connectivity index (χ1v) is 10.4. The molecule has 2 heterocycles. The largest absolute Gasteiger partial charge is 0.451 e. The van der Waals surface area contributed by atoms with Gasteiger partial charge in [0.05, 0.1) is 5.56 Å². The number of hydrogen-bond acceptors (Lipinski definition) is 4. The van der Waals surface area contributed by atoms with Gasteiger partial charge < -0.3 is 15.1 Å². The Bertz CT molecular complexity index is 1110. The van der Waals surface area contributed by atoms with E-state index in [1.165, 1.54) is 16.2 Å². The standard InChI is InChI=1S/C22H24N2O3S/c1-11-9-15-13(3)19(27-16(15)10-12(11)2)21(26)24-22-18(20(25)23-4)14-7-5-6-8-17(14)28-22/h9-10H,5-8H2,1-4H3,(H,23,25)(H,24,26). The van der Waals surface area contributed by atoms with Gasteiger partial charge in [-0.1, -0.05) is 0 Å². The van der Waals surface area contributed by atoms with E-state index >= 15 is 0 Å². The predicted molar refractivity (Wildman–Crippen MR) is 113 cm³/mol. The minimum absolute atomic E-state index is 0.151. The molecule has 6 heteroatoms. The summed E-state index contributed by atoms with van der Waals surface area (Å²) >= 11 is 1.51. The second-order valence-electron chi connectivity index (χ2n) is 7.44. The number of benzene rings is 1. The van der Waals surface area contributed by atoms with Gasteiger partial charge in [0, 0.05) is 22.9 Å². The zero-order valence-corrected chi connectivity index (χ0v) is 17.4. The molecule has 4 rings (SSSR count). The number of thiophene rings is 1. The lowest BCUT2D eigenvalue weighted by molar-refractivity contribution is 0.0963. The summed E-state index contributed by atoms with van der Waals surface area (Å²) in [6, 6.07) is 4.02. The van der Waals surface area contributed by atoms with Crippen LogP contribution in [0.5, 0.6) is 0 Å². The van der Waals surface area contributed by atoms with E-state index in [0.29, 0.717) is 21.9 Å². The Morgan fingerprint density at radius 2 is 1.75 bits per heavy atom. The molecule has 1 aliphatic rings. The number of anilines is 1. The predicted octanol–water partition coefficient (Wildman–Crippen LogP) is 4.91. The van der Waals surface area contributed by atoms with Gasteiger partial charge in [-0.2, -0.15) is 0 Å². The van der Waals surface area contributed by atoms with E-state index in [1.807, 2.05) is 26.8 Å². The smallest absolute Gasteiger partial charge is 0.292 e. The summed E-state index contributed by atoms with van der Waals surface area (Å²) in [5.41, 5.74) is 5.51. The molecule has 0 atom stereocenters. The van der Waals surface area contributed by atoms with Crippen LogP contribution in [-0.4, -0.2) is 18.9 Å². The number of fused-ring (bicyclic) bond motifs is 2. The fourth-order valence-corrected chi connectivity index (χ4v) is 5.15. The highest BCUT2D eigenvalue weighted by Gasteiger charge is 2.27. The van der Waals surface area contributed by atoms with Crippen LogP contribution < -0.4 is 10.6 Å². The van der Waals surface area contributed by atoms with Crippen LogP contribution in [-0.2, 0) is 12.8 Å². The fourth-order valence-electron chi connectivity index (χ4n) is 3.87. The van der Waals surface area contributed by atoms with Crippen molar-refractivity contribution in [3.8, 4) is 0 Å². The summed E-state index contributed by atoms with van der Waals surface area (Å²) < 4.78 is 5.89. The quantitative estimate of drug-likeness (QED) is 0.661. The van der Waals surface area contributed by atoms with Crippen molar-refractivity contribution in [1.82, 2.24) is 5.32 Å². The van der Waals surface area contributed by atoms with Crippen LogP contribution in [0, 0.1) is 20.8 Å². The van der Waals surface area contributed by atoms with Gasteiger partial charge >= 0.3 is 0 Å². The first-order valence-electron chi connectivity index (χ1n) is 9.59. The summed E-state index contributed by atoms with van der Waals surface area (Å²) in [4.78, 5) is 26.7. The molecular weight excluding hydrogens is 372 g/mol. The highest BCUT2D eigenvalue weighted by atomic mass is 32.1. The summed E-state index contributed by atoms with van der Waals surface area (Å²) in [6.45, 7) is 5.97. The van der Waals surface area contributed by atoms with E-state index in [4.69, 9.17) is 4.42 Å². The average Bonchev–Trinajstić information content (AvgIpc) is 3.19. The van der Waals surface area contributed by atoms with Gasteiger partial charge in [0.1, 0.15) is 10.6 Å². The first kappa shape index (κ1) is 18.7. The number of carbonyl (C=O) groups is 2. The Morgan fingerprint density at radius 3 is 2.50 bits per heavy atom. The molecule has 0 saturated carbocycles. The lowest BCUT2D eigenvalue weighted by Gasteiger charge is -2.12. The van der Waals surface area contributed by atoms with Crippen molar-refractivity contribution >= 4 is 39.1 Å². The number of hydrogen-bond donors (Lipinski definition) is 2. The molecule has 2 aromatic heterocycles. The highest BCUT2D eigenvalue weighted by Crippen LogP contribution is 2.38. The third-order valence-corrected chi connectivity index (χ3v) is 6.82. The SMILES string of the molecule is CNC(=O)c1c(NC(=O)c2oc3cc(C)c(C)cc3c2C)sc2c1CCCC2. The Balaban J connectivity index is 1.73. The van der Waals surface area contributed by atoms with E-state index in [1.54, 1.807) is 7.05 Å². The Morgan fingerprint density at radius 1 is 1.04 bits per heavy atom. The molecule has 5 nitrogen and oxygen atoms in total. The highest BCUT2D eigenvalue weighted by molar-refractivity contribution is 7.17. The van der Waals surface area contributed by atoms with Crippen molar-refractivity contribution in [2.75, 3.05) is 12.4 Å². The van der Waals surface area contributed by atoms with Crippen LogP contribution >= 0.6 is 11.3 Å². The number of rotatable bonds is 3. The van der Waals surface area contributed by atoms with Crippen LogP contribution in [0.3, 0.4) is 0 Å². The number of nitrogens with one attached hydrogen (secondary N) is 2. The molecular formula is C22H24N2O3S. The maximum absolute atomic E-state index is 13.0. The van der Waals surface area contributed by atoms with Gasteiger partial charge in [-0.3, -0.25) is 9.59 Å². The van der Waals surface area contributed by atoms with Crippen molar-refractivity contribution in [2.24, 2.45) is 0 Å². The molecule has 2 N–H and O–H groups in total. The second-order valence-corrected chi connectivity index (χ2v) is 8.54. The molecule has 0 unspecified atom stereocenters. The normalized spacial score (nSPS) is 13.4. The Hall–Kier alpha value is -2.60. The lowest BCUT2D eigenvalue weighted by atomic mass is 9.95. The number of aryl methyl sites for hydroxylation is 4. The third kappa shape index (κ3) is 3.02. The zero-order chi connectivity index (χ0) is 20.0. The van der Waals surface area contributed by atoms with Gasteiger partial charge in [-0.05, 0) is 75.3 Å². The molecule has 0 radical (unpaired) electrons. The third-order valence-electron chi connectivity index (χ3n) is 5.61. The van der Waals surface area contributed by atoms with Gasteiger partial charge in [0.25, 0.3) is 11.8 Å². The topological polar surface area (TPSA) is 71.3 Å². The van der Waals surface area contributed by atoms with E-state index < -0.39 is 0 Å². The van der Waals surface area contributed by atoms with Crippen LogP contribution in [0.25, 0.3) is 11.0 Å². The molecule has 3 aromatic rings. The van der Waals surface area contributed by atoms with Crippen LogP contribution in [0.2, 0.25) is 0 Å². The maximum Gasteiger partial charge on any atom is 0.292 e. The Kier molecular flexibility index (Phi) is 4.75. The minimum Gasteiger partial charge on any atom is -0.451 e. The first-order chi connectivity index (χ1) is 13.4. The van der Waals surface area contributed by atoms with Gasteiger partial charge in [-0.25, -0.2) is 0 Å². The molecule has 0 spiro atoms. The van der Waals surface area contributed by atoms with Crippen LogP contribution in [0.4, 0.5) is 5.00 Å². The summed E-state index contributed by atoms with van der Waals surface area (Å²) in [7, 11) is 1.62. The molecule has 1 aromatic carbocycles. The summed E-state index contributed by atoms with van der Waals surface area (Å²) in [5, 5.41) is 7.23. The van der Waals surface area contributed by atoms with Crippen LogP contribution in [0.15, 0.2) is 16.5 Å². The molecule has 0 fully saturated rings. The van der Waals surface area contributed by atoms with Crippen molar-refractivity contribution in [3.05, 3.63) is 50.6 Å². The second kappa shape index (κ2) is 7.09. The zero-order valence-electron chi connectivity index (χ0n) is 16.6.